The van der Waals surface area contributed by atoms with E-state index in [1.165, 1.54) is 51.6 Å². The molecule has 1 rings (SSSR count). The van der Waals surface area contributed by atoms with Crippen molar-refractivity contribution in [1.29, 1.82) is 0 Å². The van der Waals surface area contributed by atoms with Crippen molar-refractivity contribution in [2.45, 2.75) is 65.5 Å². The summed E-state index contributed by atoms with van der Waals surface area (Å²) in [5, 5.41) is 0. The molecule has 0 N–H and O–H groups in total. The molecule has 90 valence electrons. The van der Waals surface area contributed by atoms with Crippen LogP contribution in [0.25, 0.3) is 0 Å². The van der Waals surface area contributed by atoms with Gasteiger partial charge in [-0.15, -0.1) is 0 Å². The maximum Gasteiger partial charge on any atom is 0.175 e. The van der Waals surface area contributed by atoms with Crippen LogP contribution in [0.5, 0.6) is 0 Å². The Hall–Kier alpha value is 0.137. The zero-order chi connectivity index (χ0) is 11.1. The van der Waals surface area contributed by atoms with Gasteiger partial charge in [-0.1, -0.05) is 40.0 Å². The Morgan fingerprint density at radius 2 is 1.40 bits per heavy atom. The molecule has 0 aromatic carbocycles. The number of unbranched alkanes of at least 4 members (excludes halogenated alkanes) is 2. The van der Waals surface area contributed by atoms with Crippen molar-refractivity contribution in [3.05, 3.63) is 0 Å². The summed E-state index contributed by atoms with van der Waals surface area (Å²) < 4.78 is 5.59. The quantitative estimate of drug-likeness (QED) is 0.588. The molecule has 0 aromatic rings. The highest BCUT2D eigenvalue weighted by Gasteiger charge is 2.34. The van der Waals surface area contributed by atoms with Gasteiger partial charge in [0.25, 0.3) is 0 Å². The van der Waals surface area contributed by atoms with Gasteiger partial charge in [-0.05, 0) is 32.4 Å². The van der Waals surface area contributed by atoms with E-state index in [0.29, 0.717) is 0 Å². The van der Waals surface area contributed by atoms with Crippen molar-refractivity contribution in [2.24, 2.45) is 0 Å². The molecule has 0 atom stereocenters. The number of hydrogen-bond donors (Lipinski definition) is 0. The lowest BCUT2D eigenvalue weighted by Gasteiger charge is -2.51. The SMILES string of the molecule is CCCCN1[SiH2]N(CCCC)C1CCC. The Bertz CT molecular complexity index is 150. The molecule has 1 heterocycles. The van der Waals surface area contributed by atoms with Gasteiger partial charge in [0.05, 0.1) is 6.17 Å². The Labute approximate surface area is 98.0 Å². The second-order valence-corrected chi connectivity index (χ2v) is 6.65. The van der Waals surface area contributed by atoms with Crippen molar-refractivity contribution >= 4 is 9.84 Å². The Morgan fingerprint density at radius 1 is 0.867 bits per heavy atom. The van der Waals surface area contributed by atoms with Crippen molar-refractivity contribution in [3.63, 3.8) is 0 Å². The fraction of sp³-hybridized carbons (Fsp3) is 1.00. The Kier molecular flexibility index (Phi) is 6.53. The van der Waals surface area contributed by atoms with E-state index < -0.39 is 0 Å². The van der Waals surface area contributed by atoms with Crippen LogP contribution in [0.1, 0.15) is 59.3 Å². The molecule has 1 aliphatic heterocycles. The van der Waals surface area contributed by atoms with Gasteiger partial charge in [-0.2, -0.15) is 0 Å². The van der Waals surface area contributed by atoms with E-state index in [4.69, 9.17) is 0 Å². The fourth-order valence-corrected chi connectivity index (χ4v) is 4.43. The van der Waals surface area contributed by atoms with Crippen molar-refractivity contribution in [2.75, 3.05) is 13.1 Å². The zero-order valence-electron chi connectivity index (χ0n) is 10.8. The molecule has 0 aliphatic carbocycles. The number of hydrogen-bond acceptors (Lipinski definition) is 2. The second-order valence-electron chi connectivity index (χ2n) is 4.74. The molecule has 1 saturated heterocycles. The van der Waals surface area contributed by atoms with Crippen LogP contribution in [0.2, 0.25) is 0 Å². The monoisotopic (exact) mass is 228 g/mol. The first-order chi connectivity index (χ1) is 7.33. The first-order valence-corrected chi connectivity index (χ1v) is 8.08. The van der Waals surface area contributed by atoms with Gasteiger partial charge in [0.2, 0.25) is 0 Å². The van der Waals surface area contributed by atoms with Crippen LogP contribution in [-0.4, -0.2) is 38.2 Å². The van der Waals surface area contributed by atoms with Crippen LogP contribution in [0.4, 0.5) is 0 Å². The van der Waals surface area contributed by atoms with Gasteiger partial charge >= 0.3 is 0 Å². The van der Waals surface area contributed by atoms with Crippen molar-refractivity contribution in [1.82, 2.24) is 9.13 Å². The highest BCUT2D eigenvalue weighted by atomic mass is 28.2. The Balaban J connectivity index is 2.24. The summed E-state index contributed by atoms with van der Waals surface area (Å²) in [6, 6.07) is 0. The van der Waals surface area contributed by atoms with E-state index in [2.05, 4.69) is 29.9 Å². The lowest BCUT2D eigenvalue weighted by Crippen LogP contribution is -2.66. The summed E-state index contributed by atoms with van der Waals surface area (Å²) >= 11 is 0. The normalized spacial score (nSPS) is 24.6. The first-order valence-electron chi connectivity index (χ1n) is 6.81. The van der Waals surface area contributed by atoms with E-state index in [1.54, 1.807) is 0 Å². The minimum Gasteiger partial charge on any atom is -0.302 e. The maximum atomic E-state index is 2.79. The van der Waals surface area contributed by atoms with Crippen LogP contribution in [0.3, 0.4) is 0 Å². The van der Waals surface area contributed by atoms with Crippen LogP contribution in [0, 0.1) is 0 Å². The van der Waals surface area contributed by atoms with E-state index >= 15 is 0 Å². The second kappa shape index (κ2) is 7.42. The zero-order valence-corrected chi connectivity index (χ0v) is 12.2. The molecule has 15 heavy (non-hydrogen) atoms. The standard InChI is InChI=1S/C12H28N2Si/c1-4-7-10-13-12(9-6-3)14(15-13)11-8-5-2/h12H,4-11,15H2,1-3H3. The van der Waals surface area contributed by atoms with Crippen molar-refractivity contribution < 1.29 is 0 Å². The maximum absolute atomic E-state index is 2.79. The predicted octanol–water partition coefficient (Wildman–Crippen LogP) is 2.33. The average molecular weight is 228 g/mol. The van der Waals surface area contributed by atoms with Gasteiger partial charge in [0.1, 0.15) is 0 Å². The highest BCUT2D eigenvalue weighted by Crippen LogP contribution is 2.21. The molecule has 0 aromatic heterocycles. The summed E-state index contributed by atoms with van der Waals surface area (Å²) in [5.41, 5.74) is 0. The van der Waals surface area contributed by atoms with E-state index in [9.17, 15) is 0 Å². The van der Waals surface area contributed by atoms with Gasteiger partial charge < -0.3 is 9.13 Å². The van der Waals surface area contributed by atoms with Crippen molar-refractivity contribution in [3.8, 4) is 0 Å². The summed E-state index contributed by atoms with van der Waals surface area (Å²) in [6.45, 7) is 9.65. The lowest BCUT2D eigenvalue weighted by molar-refractivity contribution is 0.0834. The van der Waals surface area contributed by atoms with Crippen LogP contribution in [-0.2, 0) is 0 Å². The van der Waals surface area contributed by atoms with E-state index in [-0.39, 0.29) is 9.84 Å². The minimum absolute atomic E-state index is 0.00880. The molecule has 0 unspecified atom stereocenters. The third-order valence-corrected chi connectivity index (χ3v) is 5.55. The van der Waals surface area contributed by atoms with Crippen LogP contribution >= 0.6 is 0 Å². The third kappa shape index (κ3) is 3.89. The summed E-state index contributed by atoms with van der Waals surface area (Å²) in [5.74, 6) is 0. The molecule has 1 aliphatic rings. The molecular formula is C12H28N2Si. The highest BCUT2D eigenvalue weighted by molar-refractivity contribution is 6.32. The minimum atomic E-state index is -0.00880. The molecule has 3 heteroatoms. The smallest absolute Gasteiger partial charge is 0.175 e. The van der Waals surface area contributed by atoms with E-state index in [0.717, 1.165) is 6.17 Å². The Morgan fingerprint density at radius 3 is 1.80 bits per heavy atom. The number of rotatable bonds is 8. The van der Waals surface area contributed by atoms with Crippen LogP contribution < -0.4 is 0 Å². The largest absolute Gasteiger partial charge is 0.302 e. The van der Waals surface area contributed by atoms with Gasteiger partial charge in [0, 0.05) is 0 Å². The predicted molar refractivity (Wildman–Crippen MR) is 70.5 cm³/mol. The first kappa shape index (κ1) is 13.2. The molecule has 0 amide bonds. The van der Waals surface area contributed by atoms with Crippen LogP contribution in [0.15, 0.2) is 0 Å². The third-order valence-electron chi connectivity index (χ3n) is 3.35. The molecule has 1 fully saturated rings. The molecular weight excluding hydrogens is 200 g/mol. The molecule has 2 nitrogen and oxygen atoms in total. The van der Waals surface area contributed by atoms with Gasteiger partial charge in [-0.3, -0.25) is 0 Å². The molecule has 0 spiro atoms. The summed E-state index contributed by atoms with van der Waals surface area (Å²) in [7, 11) is -0.00880. The fourth-order valence-electron chi connectivity index (χ4n) is 2.34. The number of nitrogens with zero attached hydrogens (tertiary/aromatic N) is 2. The molecule has 0 radical (unpaired) electrons. The topological polar surface area (TPSA) is 6.48 Å². The van der Waals surface area contributed by atoms with E-state index in [1.807, 2.05) is 0 Å². The lowest BCUT2D eigenvalue weighted by atomic mass is 10.2. The average Bonchev–Trinajstić information content (AvgIpc) is 2.24. The molecule has 0 saturated carbocycles. The summed E-state index contributed by atoms with van der Waals surface area (Å²) in [6.07, 6.45) is 9.05. The van der Waals surface area contributed by atoms with Gasteiger partial charge in [-0.25, -0.2) is 0 Å². The van der Waals surface area contributed by atoms with Gasteiger partial charge in [0.15, 0.2) is 9.84 Å². The summed E-state index contributed by atoms with van der Waals surface area (Å²) in [4.78, 5) is 0. The molecule has 0 bridgehead atoms.